The van der Waals surface area contributed by atoms with E-state index in [0.717, 1.165) is 22.3 Å². The summed E-state index contributed by atoms with van der Waals surface area (Å²) in [6, 6.07) is 0. The molecule has 0 heterocycles. The average molecular weight is 936 g/mol. The molecule has 0 aromatic heterocycles. The molecule has 0 aliphatic heterocycles. The van der Waals surface area contributed by atoms with Crippen LogP contribution in [0.1, 0.15) is 44.4 Å². The number of ether oxygens (including phenoxy) is 12. The van der Waals surface area contributed by atoms with Crippen molar-refractivity contribution in [1.82, 2.24) is 0 Å². The quantitative estimate of drug-likeness (QED) is 0.109. The van der Waals surface area contributed by atoms with Gasteiger partial charge in [0.1, 0.15) is 0 Å². The summed E-state index contributed by atoms with van der Waals surface area (Å²) in [5.41, 5.74) is 6.33. The fraction of sp³-hybridized carbons (Fsp3) is 0.476. The van der Waals surface area contributed by atoms with Crippen LogP contribution in [-0.4, -0.2) is 93.4 Å². The summed E-state index contributed by atoms with van der Waals surface area (Å²) in [4.78, 5) is 0. The minimum Gasteiger partial charge on any atom is -1.00 e. The fourth-order valence-corrected chi connectivity index (χ4v) is 17.9. The second kappa shape index (κ2) is 20.9. The summed E-state index contributed by atoms with van der Waals surface area (Å²) in [6.45, 7) is 14.3. The van der Waals surface area contributed by atoms with E-state index in [1.807, 2.05) is 20.8 Å². The first-order valence-corrected chi connectivity index (χ1v) is 20.6. The van der Waals surface area contributed by atoms with Gasteiger partial charge in [-0.1, -0.05) is 0 Å². The predicted octanol–water partition coefficient (Wildman–Crippen LogP) is -2.87. The van der Waals surface area contributed by atoms with Gasteiger partial charge in [0.25, 0.3) is 0 Å². The molecule has 17 heteroatoms. The van der Waals surface area contributed by atoms with Crippen LogP contribution in [0.15, 0.2) is 22.3 Å². The van der Waals surface area contributed by atoms with Crippen molar-refractivity contribution >= 4 is 23.6 Å². The molecular formula is C42H57Cl3O12SiTi. The Bertz CT molecular complexity index is 1790. The molecule has 0 unspecified atom stereocenters. The van der Waals surface area contributed by atoms with Gasteiger partial charge >= 0.3 is 346 Å². The number of hydrogen-bond acceptors (Lipinski definition) is 12. The summed E-state index contributed by atoms with van der Waals surface area (Å²) in [5, 5.41) is 1.79. The Morgan fingerprint density at radius 2 is 0.458 bits per heavy atom. The molecule has 12 nitrogen and oxygen atoms in total. The Kier molecular flexibility index (Phi) is 19.0. The molecule has 3 aromatic rings. The van der Waals surface area contributed by atoms with Gasteiger partial charge < -0.3 is 37.2 Å². The van der Waals surface area contributed by atoms with E-state index in [1.54, 1.807) is 85.3 Å². The van der Waals surface area contributed by atoms with E-state index in [9.17, 15) is 0 Å². The van der Waals surface area contributed by atoms with E-state index < -0.39 is 11.4 Å². The largest absolute Gasteiger partial charge is 1.00 e. The summed E-state index contributed by atoms with van der Waals surface area (Å²) < 4.78 is 76.2. The van der Waals surface area contributed by atoms with E-state index in [4.69, 9.17) is 56.8 Å². The van der Waals surface area contributed by atoms with Gasteiger partial charge in [0, 0.05) is 0 Å². The van der Waals surface area contributed by atoms with Gasteiger partial charge in [-0.3, -0.25) is 0 Å². The molecule has 0 N–H and O–H groups in total. The maximum Gasteiger partial charge on any atom is -1.00 e. The first-order chi connectivity index (χ1) is 26.6. The van der Waals surface area contributed by atoms with Gasteiger partial charge in [0.15, 0.2) is 0 Å². The predicted molar refractivity (Wildman–Crippen MR) is 216 cm³/mol. The molecule has 0 spiro atoms. The molecule has 3 aromatic carbocycles. The van der Waals surface area contributed by atoms with Crippen molar-refractivity contribution < 1.29 is 114 Å². The van der Waals surface area contributed by atoms with Crippen LogP contribution in [0.2, 0.25) is 3.34 Å². The average Bonchev–Trinajstić information content (AvgIpc) is 3.35. The van der Waals surface area contributed by atoms with Crippen molar-refractivity contribution in [3.05, 3.63) is 39.0 Å². The van der Waals surface area contributed by atoms with Crippen molar-refractivity contribution in [2.75, 3.05) is 85.3 Å². The van der Waals surface area contributed by atoms with Crippen molar-refractivity contribution in [2.24, 2.45) is 0 Å². The number of allylic oxidation sites excluding steroid dienone is 4. The Hall–Kier alpha value is -3.46. The van der Waals surface area contributed by atoms with Crippen LogP contribution in [0.5, 0.6) is 69.0 Å². The minimum absolute atomic E-state index is 0. The minimum atomic E-state index is -4.42. The van der Waals surface area contributed by atoms with Crippen LogP contribution < -0.4 is 110 Å². The number of hydrogen-bond donors (Lipinski definition) is 0. The van der Waals surface area contributed by atoms with Crippen molar-refractivity contribution in [2.45, 2.75) is 51.8 Å². The molecule has 1 aliphatic carbocycles. The normalized spacial score (nSPS) is 13.0. The second-order valence-electron chi connectivity index (χ2n) is 13.4. The Balaban J connectivity index is 0.00000580. The molecule has 0 fully saturated rings. The van der Waals surface area contributed by atoms with Gasteiger partial charge in [0.2, 0.25) is 0 Å². The first kappa shape index (κ1) is 53.6. The third-order valence-electron chi connectivity index (χ3n) is 11.6. The number of methoxy groups -OCH3 is 12. The summed E-state index contributed by atoms with van der Waals surface area (Å²) in [5.74, 6) is 4.95. The van der Waals surface area contributed by atoms with Crippen LogP contribution in [0.4, 0.5) is 0 Å². The third kappa shape index (κ3) is 7.31. The molecule has 59 heavy (non-hydrogen) atoms. The Morgan fingerprint density at radius 3 is 0.593 bits per heavy atom. The maximum atomic E-state index is 6.59. The molecule has 0 radical (unpaired) electrons. The molecular weight excluding hydrogens is 879 g/mol. The Morgan fingerprint density at radius 1 is 0.305 bits per heavy atom. The second-order valence-corrected chi connectivity index (χ2v) is 19.1. The zero-order chi connectivity index (χ0) is 42.2. The van der Waals surface area contributed by atoms with Crippen LogP contribution in [-0.2, 0) is 20.4 Å². The number of rotatable bonds is 16. The maximum absolute atomic E-state index is 6.59. The van der Waals surface area contributed by atoms with E-state index in [2.05, 4.69) is 48.1 Å². The summed E-state index contributed by atoms with van der Waals surface area (Å²) in [6.07, 6.45) is 0. The number of halogens is 3. The van der Waals surface area contributed by atoms with E-state index in [0.29, 0.717) is 101 Å². The van der Waals surface area contributed by atoms with E-state index in [-0.39, 0.29) is 37.2 Å². The number of benzene rings is 3. The smallest absolute Gasteiger partial charge is 1.00 e. The Labute approximate surface area is 381 Å². The molecule has 0 amide bonds. The van der Waals surface area contributed by atoms with Crippen molar-refractivity contribution in [1.29, 1.82) is 0 Å². The first-order valence-electron chi connectivity index (χ1n) is 17.8. The van der Waals surface area contributed by atoms with E-state index >= 15 is 0 Å². The third-order valence-corrected chi connectivity index (χ3v) is 20.0. The molecule has 0 saturated carbocycles. The van der Waals surface area contributed by atoms with Crippen LogP contribution >= 0.6 is 0 Å². The molecule has 0 saturated heterocycles. The van der Waals surface area contributed by atoms with Crippen molar-refractivity contribution in [3.63, 3.8) is 0 Å². The van der Waals surface area contributed by atoms with Gasteiger partial charge in [-0.2, -0.15) is 0 Å². The zero-order valence-corrected chi connectivity index (χ0v) is 42.4. The molecule has 4 rings (SSSR count). The SMILES string of the molecule is COc1c(C)c(OC)c(OC)c([Si](c2c(OC)c(OC)c(C)c(OC)c2OC)(c2c(OC)c(OC)c(C)c(OC)c2OC)[C]2([Ti+3])C(C)=C(C)C(C)=C2C)c1OC.[Cl-].[Cl-].[Cl-]. The van der Waals surface area contributed by atoms with Gasteiger partial charge in [0.05, 0.1) is 0 Å². The topological polar surface area (TPSA) is 111 Å². The van der Waals surface area contributed by atoms with Crippen molar-refractivity contribution in [3.8, 4) is 69.0 Å². The zero-order valence-electron chi connectivity index (χ0n) is 37.5. The molecule has 0 bridgehead atoms. The monoisotopic (exact) mass is 934 g/mol. The van der Waals surface area contributed by atoms with Gasteiger partial charge in [-0.05, 0) is 0 Å². The van der Waals surface area contributed by atoms with Crippen LogP contribution in [0.25, 0.3) is 0 Å². The molecule has 0 atom stereocenters. The van der Waals surface area contributed by atoms with Gasteiger partial charge in [-0.15, -0.1) is 0 Å². The molecule has 326 valence electrons. The molecule has 1 aliphatic rings. The fourth-order valence-electron chi connectivity index (χ4n) is 8.89. The van der Waals surface area contributed by atoms with Gasteiger partial charge in [-0.25, -0.2) is 0 Å². The summed E-state index contributed by atoms with van der Waals surface area (Å²) >= 11 is 2.23. The van der Waals surface area contributed by atoms with E-state index in [1.165, 1.54) is 0 Å². The van der Waals surface area contributed by atoms with Crippen LogP contribution in [0.3, 0.4) is 0 Å². The summed E-state index contributed by atoms with van der Waals surface area (Å²) in [7, 11) is 14.9. The standard InChI is InChI=1S/C42H57O12Si.3ClH.Ti/c1-20-21(2)23(4)39(22(20)3)55(40-33(49-14)27(43-8)24(5)28(44-9)34(40)50-15,41-35(51-16)29(45-10)25(6)30(46-11)36(41)52-17)42-37(53-18)31(47-12)26(7)32(48-13)38(42)54-19;;;;/h1-19H3;3*1H;/q;;;;+3/p-3. The van der Waals surface area contributed by atoms with Crippen LogP contribution in [0, 0.1) is 20.8 Å².